The van der Waals surface area contributed by atoms with Gasteiger partial charge in [0.1, 0.15) is 0 Å². The van der Waals surface area contributed by atoms with Gasteiger partial charge < -0.3 is 0 Å². The monoisotopic (exact) mass is 340 g/mol. The Labute approximate surface area is 150 Å². The summed E-state index contributed by atoms with van der Waals surface area (Å²) in [6, 6.07) is 18.8. The molecule has 0 bridgehead atoms. The zero-order valence-electron chi connectivity index (χ0n) is 14.3. The average molecular weight is 341 g/mol. The predicted octanol–water partition coefficient (Wildman–Crippen LogP) is 4.56. The molecule has 1 fully saturated rings. The minimum Gasteiger partial charge on any atom is -0.297 e. The van der Waals surface area contributed by atoms with Crippen molar-refractivity contribution in [1.29, 1.82) is 0 Å². The fourth-order valence-corrected chi connectivity index (χ4v) is 3.31. The van der Waals surface area contributed by atoms with Gasteiger partial charge in [-0.1, -0.05) is 65.7 Å². The Morgan fingerprint density at radius 2 is 1.54 bits per heavy atom. The molecule has 0 atom stereocenters. The van der Waals surface area contributed by atoms with Crippen LogP contribution in [0.3, 0.4) is 0 Å². The Kier molecular flexibility index (Phi) is 6.08. The van der Waals surface area contributed by atoms with E-state index in [1.807, 2.05) is 12.1 Å². The van der Waals surface area contributed by atoms with Crippen LogP contribution in [0.15, 0.2) is 60.2 Å². The van der Waals surface area contributed by atoms with Crippen LogP contribution in [0.25, 0.3) is 6.08 Å². The second kappa shape index (κ2) is 8.48. The number of piperazine rings is 1. The van der Waals surface area contributed by atoms with E-state index in [9.17, 15) is 0 Å². The van der Waals surface area contributed by atoms with Crippen molar-refractivity contribution in [1.82, 2.24) is 9.80 Å². The maximum absolute atomic E-state index is 5.95. The fourth-order valence-electron chi connectivity index (χ4n) is 3.19. The number of nitrogens with zero attached hydrogens (tertiary/aromatic N) is 2. The second-order valence-electron chi connectivity index (χ2n) is 6.58. The molecule has 1 saturated heterocycles. The lowest BCUT2D eigenvalue weighted by Crippen LogP contribution is -2.46. The van der Waals surface area contributed by atoms with Crippen LogP contribution in [0, 0.1) is 0 Å². The van der Waals surface area contributed by atoms with Gasteiger partial charge in [-0.25, -0.2) is 0 Å². The number of halogens is 1. The van der Waals surface area contributed by atoms with Gasteiger partial charge in [0.15, 0.2) is 0 Å². The van der Waals surface area contributed by atoms with Gasteiger partial charge in [-0.05, 0) is 30.2 Å². The van der Waals surface area contributed by atoms with Gasteiger partial charge >= 0.3 is 0 Å². The van der Waals surface area contributed by atoms with Crippen LogP contribution in [0.2, 0.25) is 5.02 Å². The molecule has 1 aliphatic rings. The van der Waals surface area contributed by atoms with Crippen LogP contribution >= 0.6 is 11.6 Å². The van der Waals surface area contributed by atoms with E-state index >= 15 is 0 Å². The molecule has 2 aromatic carbocycles. The molecular formula is C21H25ClN2. The van der Waals surface area contributed by atoms with Crippen LogP contribution in [-0.2, 0) is 6.54 Å². The van der Waals surface area contributed by atoms with Gasteiger partial charge in [-0.2, -0.15) is 0 Å². The highest BCUT2D eigenvalue weighted by Crippen LogP contribution is 2.14. The van der Waals surface area contributed by atoms with Gasteiger partial charge in [0.2, 0.25) is 0 Å². The van der Waals surface area contributed by atoms with E-state index in [4.69, 9.17) is 11.6 Å². The number of hydrogen-bond acceptors (Lipinski definition) is 2. The van der Waals surface area contributed by atoms with Gasteiger partial charge in [0.05, 0.1) is 0 Å². The lowest BCUT2D eigenvalue weighted by molar-refractivity contribution is 0.135. The lowest BCUT2D eigenvalue weighted by Gasteiger charge is -2.35. The fraction of sp³-hybridized carbons (Fsp3) is 0.333. The van der Waals surface area contributed by atoms with Crippen molar-refractivity contribution in [3.05, 3.63) is 76.3 Å². The summed E-state index contributed by atoms with van der Waals surface area (Å²) in [5, 5.41) is 0.809. The lowest BCUT2D eigenvalue weighted by atomic mass is 10.1. The number of benzene rings is 2. The summed E-state index contributed by atoms with van der Waals surface area (Å²) >= 11 is 5.95. The minimum absolute atomic E-state index is 0.809. The molecule has 0 spiro atoms. The van der Waals surface area contributed by atoms with Gasteiger partial charge in [-0.15, -0.1) is 0 Å². The summed E-state index contributed by atoms with van der Waals surface area (Å²) in [5.74, 6) is 0. The van der Waals surface area contributed by atoms with Crippen LogP contribution in [-0.4, -0.2) is 42.5 Å². The Morgan fingerprint density at radius 1 is 0.917 bits per heavy atom. The third kappa shape index (κ3) is 5.20. The normalized spacial score (nSPS) is 17.2. The summed E-state index contributed by atoms with van der Waals surface area (Å²) in [4.78, 5) is 5.07. The summed E-state index contributed by atoms with van der Waals surface area (Å²) in [6.45, 7) is 8.82. The van der Waals surface area contributed by atoms with Crippen molar-refractivity contribution in [3.8, 4) is 0 Å². The van der Waals surface area contributed by atoms with Crippen LogP contribution in [0.5, 0.6) is 0 Å². The second-order valence-corrected chi connectivity index (χ2v) is 7.02. The first-order chi connectivity index (χ1) is 11.7. The molecule has 0 unspecified atom stereocenters. The third-order valence-electron chi connectivity index (χ3n) is 4.47. The first-order valence-electron chi connectivity index (χ1n) is 8.60. The summed E-state index contributed by atoms with van der Waals surface area (Å²) in [6.07, 6.45) is 2.29. The van der Waals surface area contributed by atoms with Crippen molar-refractivity contribution < 1.29 is 0 Å². The molecule has 0 saturated carbocycles. The predicted molar refractivity (Wildman–Crippen MR) is 103 cm³/mol. The van der Waals surface area contributed by atoms with Crippen LogP contribution in [0.1, 0.15) is 18.1 Å². The largest absolute Gasteiger partial charge is 0.297 e. The molecule has 3 rings (SSSR count). The molecule has 0 radical (unpaired) electrons. The molecule has 2 aromatic rings. The van der Waals surface area contributed by atoms with Crippen molar-refractivity contribution in [2.75, 3.05) is 32.7 Å². The van der Waals surface area contributed by atoms with E-state index in [1.54, 1.807) is 0 Å². The topological polar surface area (TPSA) is 6.48 Å². The summed E-state index contributed by atoms with van der Waals surface area (Å²) in [7, 11) is 0. The molecule has 2 nitrogen and oxygen atoms in total. The Morgan fingerprint density at radius 3 is 2.21 bits per heavy atom. The SMILES string of the molecule is C/C(=C\c1ccccc1)CN1CCN(Cc2ccc(Cl)cc2)CC1. The highest BCUT2D eigenvalue weighted by Gasteiger charge is 2.16. The highest BCUT2D eigenvalue weighted by molar-refractivity contribution is 6.30. The van der Waals surface area contributed by atoms with E-state index in [0.717, 1.165) is 44.3 Å². The molecule has 3 heteroatoms. The van der Waals surface area contributed by atoms with Crippen molar-refractivity contribution in [3.63, 3.8) is 0 Å². The Balaban J connectivity index is 1.46. The Hall–Kier alpha value is -1.61. The molecule has 24 heavy (non-hydrogen) atoms. The Bertz CT molecular complexity index is 656. The van der Waals surface area contributed by atoms with Crippen molar-refractivity contribution in [2.24, 2.45) is 0 Å². The maximum Gasteiger partial charge on any atom is 0.0406 e. The van der Waals surface area contributed by atoms with E-state index in [2.05, 4.69) is 65.3 Å². The van der Waals surface area contributed by atoms with Crippen molar-refractivity contribution >= 4 is 17.7 Å². The molecule has 0 N–H and O–H groups in total. The van der Waals surface area contributed by atoms with Gasteiger partial charge in [0, 0.05) is 44.3 Å². The first-order valence-corrected chi connectivity index (χ1v) is 8.98. The molecule has 0 aromatic heterocycles. The van der Waals surface area contributed by atoms with Crippen LogP contribution in [0.4, 0.5) is 0 Å². The van der Waals surface area contributed by atoms with E-state index < -0.39 is 0 Å². The number of hydrogen-bond donors (Lipinski definition) is 0. The van der Waals surface area contributed by atoms with Gasteiger partial charge in [0.25, 0.3) is 0 Å². The molecule has 126 valence electrons. The standard InChI is InChI=1S/C21H25ClN2/c1-18(15-19-5-3-2-4-6-19)16-23-11-13-24(14-12-23)17-20-7-9-21(22)10-8-20/h2-10,15H,11-14,16-17H2,1H3/b18-15+. The summed E-state index contributed by atoms with van der Waals surface area (Å²) < 4.78 is 0. The number of rotatable bonds is 5. The van der Waals surface area contributed by atoms with Crippen molar-refractivity contribution in [2.45, 2.75) is 13.5 Å². The maximum atomic E-state index is 5.95. The summed E-state index contributed by atoms with van der Waals surface area (Å²) in [5.41, 5.74) is 4.05. The third-order valence-corrected chi connectivity index (χ3v) is 4.72. The molecular weight excluding hydrogens is 316 g/mol. The van der Waals surface area contributed by atoms with E-state index in [1.165, 1.54) is 16.7 Å². The van der Waals surface area contributed by atoms with E-state index in [0.29, 0.717) is 0 Å². The quantitative estimate of drug-likeness (QED) is 0.787. The zero-order chi connectivity index (χ0) is 16.8. The highest BCUT2D eigenvalue weighted by atomic mass is 35.5. The first kappa shape index (κ1) is 17.2. The zero-order valence-corrected chi connectivity index (χ0v) is 15.0. The van der Waals surface area contributed by atoms with E-state index in [-0.39, 0.29) is 0 Å². The van der Waals surface area contributed by atoms with Crippen LogP contribution < -0.4 is 0 Å². The average Bonchev–Trinajstić information content (AvgIpc) is 2.59. The van der Waals surface area contributed by atoms with Gasteiger partial charge in [-0.3, -0.25) is 9.80 Å². The molecule has 1 heterocycles. The smallest absolute Gasteiger partial charge is 0.0406 e. The molecule has 1 aliphatic heterocycles. The molecule has 0 aliphatic carbocycles. The molecule has 0 amide bonds. The minimum atomic E-state index is 0.809.